The highest BCUT2D eigenvalue weighted by molar-refractivity contribution is 7.95. The van der Waals surface area contributed by atoms with Crippen LogP contribution in [-0.4, -0.2) is 76.8 Å². The maximum Gasteiger partial charge on any atom is 0.336 e. The largest absolute Gasteiger partial charge is 0.467 e. The molecule has 0 saturated carbocycles. The molecule has 2 heterocycles. The highest BCUT2D eigenvalue weighted by Crippen LogP contribution is 2.23. The second kappa shape index (κ2) is 5.58. The standard InChI is InChI=1S/C10H17NO7S2/c1-17-10(12)9-6-11(3-4-18-9)20(15,16)8-2-5-19(13,14)7-8/h8-9H,2-7H2,1H3. The fraction of sp³-hybridized carbons (Fsp3) is 0.900. The number of hydrogen-bond donors (Lipinski definition) is 0. The first kappa shape index (κ1) is 15.7. The van der Waals surface area contributed by atoms with Crippen LogP contribution in [-0.2, 0) is 34.1 Å². The van der Waals surface area contributed by atoms with Gasteiger partial charge in [-0.15, -0.1) is 0 Å². The Morgan fingerprint density at radius 2 is 2.10 bits per heavy atom. The molecule has 116 valence electrons. The smallest absolute Gasteiger partial charge is 0.336 e. The van der Waals surface area contributed by atoms with Crippen molar-refractivity contribution in [2.75, 3.05) is 38.3 Å². The number of morpholine rings is 1. The molecule has 0 aromatic carbocycles. The van der Waals surface area contributed by atoms with E-state index in [9.17, 15) is 21.6 Å². The Morgan fingerprint density at radius 1 is 1.40 bits per heavy atom. The molecule has 2 aliphatic heterocycles. The van der Waals surface area contributed by atoms with E-state index >= 15 is 0 Å². The van der Waals surface area contributed by atoms with Crippen LogP contribution >= 0.6 is 0 Å². The van der Waals surface area contributed by atoms with Gasteiger partial charge in [0.1, 0.15) is 0 Å². The van der Waals surface area contributed by atoms with Crippen molar-refractivity contribution in [1.82, 2.24) is 4.31 Å². The maximum absolute atomic E-state index is 12.4. The molecule has 0 amide bonds. The van der Waals surface area contributed by atoms with Crippen LogP contribution in [0, 0.1) is 0 Å². The molecule has 0 N–H and O–H groups in total. The Balaban J connectivity index is 2.12. The number of rotatable bonds is 3. The van der Waals surface area contributed by atoms with Gasteiger partial charge in [-0.1, -0.05) is 0 Å². The van der Waals surface area contributed by atoms with Gasteiger partial charge in [-0.05, 0) is 6.42 Å². The summed E-state index contributed by atoms with van der Waals surface area (Å²) >= 11 is 0. The van der Waals surface area contributed by atoms with Crippen LogP contribution in [0.5, 0.6) is 0 Å². The number of sulfonamides is 1. The van der Waals surface area contributed by atoms with E-state index in [2.05, 4.69) is 4.74 Å². The van der Waals surface area contributed by atoms with Gasteiger partial charge in [0, 0.05) is 6.54 Å². The highest BCUT2D eigenvalue weighted by Gasteiger charge is 2.43. The first-order valence-electron chi connectivity index (χ1n) is 6.15. The molecular formula is C10H17NO7S2. The molecule has 8 nitrogen and oxygen atoms in total. The lowest BCUT2D eigenvalue weighted by molar-refractivity contribution is -0.157. The van der Waals surface area contributed by atoms with Crippen LogP contribution in [0.1, 0.15) is 6.42 Å². The van der Waals surface area contributed by atoms with Gasteiger partial charge in [0.25, 0.3) is 0 Å². The van der Waals surface area contributed by atoms with E-state index in [1.165, 1.54) is 7.11 Å². The summed E-state index contributed by atoms with van der Waals surface area (Å²) in [5.41, 5.74) is 0. The van der Waals surface area contributed by atoms with E-state index in [1.54, 1.807) is 0 Å². The Labute approximate surface area is 118 Å². The molecule has 2 fully saturated rings. The summed E-state index contributed by atoms with van der Waals surface area (Å²) < 4.78 is 58.4. The molecule has 0 bridgehead atoms. The Kier molecular flexibility index (Phi) is 4.38. The minimum atomic E-state index is -3.74. The van der Waals surface area contributed by atoms with Crippen LogP contribution in [0.4, 0.5) is 0 Å². The van der Waals surface area contributed by atoms with Crippen LogP contribution in [0.25, 0.3) is 0 Å². The predicted octanol–water partition coefficient (Wildman–Crippen LogP) is -1.62. The number of carbonyl (C=O) groups excluding carboxylic acids is 1. The molecule has 2 aliphatic rings. The minimum Gasteiger partial charge on any atom is -0.467 e. The van der Waals surface area contributed by atoms with Gasteiger partial charge >= 0.3 is 5.97 Å². The van der Waals surface area contributed by atoms with Crippen LogP contribution in [0.3, 0.4) is 0 Å². The van der Waals surface area contributed by atoms with Gasteiger partial charge in [-0.2, -0.15) is 4.31 Å². The highest BCUT2D eigenvalue weighted by atomic mass is 32.2. The molecule has 2 atom stereocenters. The van der Waals surface area contributed by atoms with Crippen molar-refractivity contribution in [3.63, 3.8) is 0 Å². The third-order valence-electron chi connectivity index (χ3n) is 3.47. The second-order valence-corrected chi connectivity index (χ2v) is 9.25. The van der Waals surface area contributed by atoms with Crippen molar-refractivity contribution < 1.29 is 31.1 Å². The average Bonchev–Trinajstić information content (AvgIpc) is 2.79. The van der Waals surface area contributed by atoms with Crippen molar-refractivity contribution in [3.05, 3.63) is 0 Å². The zero-order valence-corrected chi connectivity index (χ0v) is 12.7. The normalized spacial score (nSPS) is 31.1. The zero-order chi connectivity index (χ0) is 15.0. The Hall–Kier alpha value is -0.710. The molecule has 0 aliphatic carbocycles. The van der Waals surface area contributed by atoms with Gasteiger partial charge < -0.3 is 9.47 Å². The maximum atomic E-state index is 12.4. The summed E-state index contributed by atoms with van der Waals surface area (Å²) in [6, 6.07) is 0. The van der Waals surface area contributed by atoms with Crippen LogP contribution in [0.15, 0.2) is 0 Å². The number of nitrogens with zero attached hydrogens (tertiary/aromatic N) is 1. The quantitative estimate of drug-likeness (QED) is 0.573. The lowest BCUT2D eigenvalue weighted by atomic mass is 10.3. The third kappa shape index (κ3) is 3.13. The van der Waals surface area contributed by atoms with Crippen molar-refractivity contribution in [2.45, 2.75) is 17.8 Å². The van der Waals surface area contributed by atoms with E-state index < -0.39 is 37.2 Å². The van der Waals surface area contributed by atoms with Gasteiger partial charge in [0.05, 0.1) is 37.0 Å². The number of sulfone groups is 1. The fourth-order valence-corrected chi connectivity index (χ4v) is 6.85. The SMILES string of the molecule is COC(=O)C1CN(S(=O)(=O)C2CCS(=O)(=O)C2)CCO1. The molecule has 0 aromatic heterocycles. The summed E-state index contributed by atoms with van der Waals surface area (Å²) in [4.78, 5) is 11.4. The number of methoxy groups -OCH3 is 1. The summed E-state index contributed by atoms with van der Waals surface area (Å²) in [6.07, 6.45) is -0.855. The molecule has 2 saturated heterocycles. The minimum absolute atomic E-state index is 0.0818. The van der Waals surface area contributed by atoms with Gasteiger partial charge in [0.2, 0.25) is 10.0 Å². The molecular weight excluding hydrogens is 310 g/mol. The molecule has 0 radical (unpaired) electrons. The van der Waals surface area contributed by atoms with Crippen molar-refractivity contribution in [3.8, 4) is 0 Å². The lowest BCUT2D eigenvalue weighted by Crippen LogP contribution is -2.51. The molecule has 0 spiro atoms. The first-order chi connectivity index (χ1) is 9.26. The molecule has 10 heteroatoms. The zero-order valence-electron chi connectivity index (χ0n) is 11.0. The number of carbonyl (C=O) groups is 1. The summed E-state index contributed by atoms with van der Waals surface area (Å²) in [5, 5.41) is -0.927. The van der Waals surface area contributed by atoms with Gasteiger partial charge in [-0.3, -0.25) is 0 Å². The summed E-state index contributed by atoms with van der Waals surface area (Å²) in [7, 11) is -5.82. The topological polar surface area (TPSA) is 107 Å². The molecule has 2 unspecified atom stereocenters. The lowest BCUT2D eigenvalue weighted by Gasteiger charge is -2.32. The van der Waals surface area contributed by atoms with Gasteiger partial charge in [0.15, 0.2) is 15.9 Å². The van der Waals surface area contributed by atoms with Crippen LogP contribution < -0.4 is 0 Å². The van der Waals surface area contributed by atoms with Crippen molar-refractivity contribution in [2.24, 2.45) is 0 Å². The summed E-state index contributed by atoms with van der Waals surface area (Å²) in [6.45, 7) is 0.0659. The predicted molar refractivity (Wildman–Crippen MR) is 69.3 cm³/mol. The van der Waals surface area contributed by atoms with E-state index in [-0.39, 0.29) is 37.6 Å². The van der Waals surface area contributed by atoms with Crippen molar-refractivity contribution in [1.29, 1.82) is 0 Å². The van der Waals surface area contributed by atoms with Crippen molar-refractivity contribution >= 4 is 25.8 Å². The number of hydrogen-bond acceptors (Lipinski definition) is 7. The average molecular weight is 327 g/mol. The molecule has 0 aromatic rings. The fourth-order valence-electron chi connectivity index (χ4n) is 2.34. The third-order valence-corrected chi connectivity index (χ3v) is 7.74. The van der Waals surface area contributed by atoms with Gasteiger partial charge in [-0.25, -0.2) is 21.6 Å². The summed E-state index contributed by atoms with van der Waals surface area (Å²) in [5.74, 6) is -1.10. The van der Waals surface area contributed by atoms with E-state index in [0.717, 1.165) is 4.31 Å². The van der Waals surface area contributed by atoms with E-state index in [1.807, 2.05) is 0 Å². The second-order valence-electron chi connectivity index (χ2n) is 4.81. The Morgan fingerprint density at radius 3 is 2.65 bits per heavy atom. The molecule has 2 rings (SSSR count). The number of ether oxygens (including phenoxy) is 2. The molecule has 20 heavy (non-hydrogen) atoms. The van der Waals surface area contributed by atoms with E-state index in [4.69, 9.17) is 4.74 Å². The van der Waals surface area contributed by atoms with Crippen LogP contribution in [0.2, 0.25) is 0 Å². The first-order valence-corrected chi connectivity index (χ1v) is 9.47. The number of esters is 1. The Bertz CT molecular complexity index is 583. The van der Waals surface area contributed by atoms with E-state index in [0.29, 0.717) is 0 Å². The monoisotopic (exact) mass is 327 g/mol.